The minimum Gasteiger partial charge on any atom is -1.00 e. The molecule has 0 bridgehead atoms. The SMILES string of the molecule is CC1=[C](/[Zr+2](=[C](/C)c2ccccc2)[CH]2c3cc(C(C)(C)C)ccc3-c3ccc(C(C)(C)C)cc32)C(C)C=C1c1ccccc1.[Cl-].[Cl-]. The topological polar surface area (TPSA) is 0 Å². The van der Waals surface area contributed by atoms with Crippen molar-refractivity contribution in [1.29, 1.82) is 0 Å². The van der Waals surface area contributed by atoms with Crippen LogP contribution in [0.2, 0.25) is 0 Å². The Bertz CT molecular complexity index is 1730. The summed E-state index contributed by atoms with van der Waals surface area (Å²) in [6.07, 6.45) is 2.56. The van der Waals surface area contributed by atoms with Crippen LogP contribution in [-0.4, -0.2) is 3.21 Å². The van der Waals surface area contributed by atoms with Crippen LogP contribution in [0.25, 0.3) is 16.7 Å². The van der Waals surface area contributed by atoms with E-state index in [2.05, 4.69) is 165 Å². The van der Waals surface area contributed by atoms with E-state index in [1.54, 1.807) is 17.6 Å². The van der Waals surface area contributed by atoms with Gasteiger partial charge in [-0.25, -0.2) is 0 Å². The molecule has 0 nitrogen and oxygen atoms in total. The molecule has 232 valence electrons. The molecule has 0 spiro atoms. The molecule has 0 radical (unpaired) electrons. The molecule has 1 unspecified atom stereocenters. The average molecular weight is 713 g/mol. The van der Waals surface area contributed by atoms with Crippen molar-refractivity contribution in [3.05, 3.63) is 145 Å². The molecular formula is C42H46Cl2Zr. The largest absolute Gasteiger partial charge is 1.00 e. The van der Waals surface area contributed by atoms with Crippen LogP contribution in [0.5, 0.6) is 0 Å². The molecule has 6 rings (SSSR count). The van der Waals surface area contributed by atoms with E-state index in [9.17, 15) is 0 Å². The van der Waals surface area contributed by atoms with Gasteiger partial charge in [-0.3, -0.25) is 0 Å². The van der Waals surface area contributed by atoms with Gasteiger partial charge in [-0.15, -0.1) is 0 Å². The molecule has 1 atom stereocenters. The maximum absolute atomic E-state index is 2.67. The number of halogens is 2. The maximum Gasteiger partial charge on any atom is -1.00 e. The molecule has 0 aliphatic heterocycles. The number of allylic oxidation sites excluding steroid dienone is 4. The Kier molecular flexibility index (Phi) is 10.6. The Balaban J connectivity index is 0.00000230. The summed E-state index contributed by atoms with van der Waals surface area (Å²) in [5, 5.41) is 0. The molecule has 0 N–H and O–H groups in total. The molecule has 0 amide bonds. The quantitative estimate of drug-likeness (QED) is 0.272. The van der Waals surface area contributed by atoms with Gasteiger partial charge in [0.15, 0.2) is 0 Å². The number of benzene rings is 4. The minimum absolute atomic E-state index is 0. The smallest absolute Gasteiger partial charge is 1.00 e. The number of fused-ring (bicyclic) bond motifs is 3. The van der Waals surface area contributed by atoms with Crippen LogP contribution in [0.1, 0.15) is 99.3 Å². The Morgan fingerprint density at radius 3 is 1.58 bits per heavy atom. The molecule has 0 saturated heterocycles. The van der Waals surface area contributed by atoms with Crippen molar-refractivity contribution in [1.82, 2.24) is 0 Å². The zero-order valence-electron chi connectivity index (χ0n) is 28.2. The number of hydrogen-bond donors (Lipinski definition) is 0. The molecular weight excluding hydrogens is 667 g/mol. The predicted octanol–water partition coefficient (Wildman–Crippen LogP) is 5.23. The summed E-state index contributed by atoms with van der Waals surface area (Å²) in [7, 11) is 0. The predicted molar refractivity (Wildman–Crippen MR) is 184 cm³/mol. The summed E-state index contributed by atoms with van der Waals surface area (Å²) < 4.78 is 3.85. The average Bonchev–Trinajstić information content (AvgIpc) is 3.46. The molecule has 0 fully saturated rings. The van der Waals surface area contributed by atoms with Crippen molar-refractivity contribution >= 4 is 8.78 Å². The van der Waals surface area contributed by atoms with E-state index in [1.807, 2.05) is 0 Å². The van der Waals surface area contributed by atoms with E-state index in [1.165, 1.54) is 44.5 Å². The first-order chi connectivity index (χ1) is 20.4. The summed E-state index contributed by atoms with van der Waals surface area (Å²) in [5.74, 6) is 0.437. The van der Waals surface area contributed by atoms with Crippen LogP contribution in [0.3, 0.4) is 0 Å². The molecule has 4 aromatic rings. The van der Waals surface area contributed by atoms with Gasteiger partial charge in [0, 0.05) is 0 Å². The van der Waals surface area contributed by atoms with Crippen LogP contribution < -0.4 is 24.8 Å². The minimum atomic E-state index is -2.67. The standard InChI is InChI=1S/C21H25.C13H13.C8H8.2ClH.Zr/c1-20(2,3)16-7-9-18-14(12-16)11-15-13-17(21(4,5)6)8-10-19(15)18;1-10-8-11(2)13(9-10)12-6-4-3-5-7-12;1-2-8-6-4-3-5-7-8;;;/h7-13H,1-6H3;3-7,9-10H,1-2H3;3-7H,1H3;2*1H;/q;;;;;+2/p-2. The summed E-state index contributed by atoms with van der Waals surface area (Å²) in [6, 6.07) is 37.2. The zero-order valence-corrected chi connectivity index (χ0v) is 32.2. The van der Waals surface area contributed by atoms with Crippen LogP contribution in [0, 0.1) is 5.92 Å². The zero-order chi connectivity index (χ0) is 30.7. The van der Waals surface area contributed by atoms with E-state index in [-0.39, 0.29) is 35.6 Å². The van der Waals surface area contributed by atoms with Gasteiger partial charge in [0.05, 0.1) is 0 Å². The van der Waals surface area contributed by atoms with Crippen molar-refractivity contribution in [3.8, 4) is 11.1 Å². The van der Waals surface area contributed by atoms with Gasteiger partial charge in [-0.2, -0.15) is 0 Å². The first kappa shape index (κ1) is 35.5. The molecule has 2 aliphatic rings. The number of hydrogen-bond acceptors (Lipinski definition) is 0. The Hall–Kier alpha value is -2.31. The monoisotopic (exact) mass is 710 g/mol. The van der Waals surface area contributed by atoms with Crippen LogP contribution in [0.15, 0.2) is 112 Å². The van der Waals surface area contributed by atoms with Crippen molar-refractivity contribution in [2.24, 2.45) is 5.92 Å². The van der Waals surface area contributed by atoms with Gasteiger partial charge in [-0.05, 0) is 0 Å². The molecule has 0 aromatic heterocycles. The molecule has 3 heteroatoms. The maximum atomic E-state index is 2.59. The van der Waals surface area contributed by atoms with Gasteiger partial charge < -0.3 is 24.8 Å². The second kappa shape index (κ2) is 13.4. The normalized spacial score (nSPS) is 16.3. The third-order valence-corrected chi connectivity index (χ3v) is 18.8. The van der Waals surface area contributed by atoms with Gasteiger partial charge in [0.2, 0.25) is 0 Å². The van der Waals surface area contributed by atoms with Crippen molar-refractivity contribution in [2.75, 3.05) is 0 Å². The molecule has 4 aromatic carbocycles. The van der Waals surface area contributed by atoms with E-state index in [4.69, 9.17) is 0 Å². The summed E-state index contributed by atoms with van der Waals surface area (Å²) in [6.45, 7) is 21.5. The Morgan fingerprint density at radius 1 is 0.644 bits per heavy atom. The summed E-state index contributed by atoms with van der Waals surface area (Å²) in [5.41, 5.74) is 14.9. The van der Waals surface area contributed by atoms with E-state index in [0.29, 0.717) is 9.54 Å². The third kappa shape index (κ3) is 6.61. The molecule has 2 aliphatic carbocycles. The second-order valence-corrected chi connectivity index (χ2v) is 21.3. The van der Waals surface area contributed by atoms with Crippen LogP contribution >= 0.6 is 0 Å². The van der Waals surface area contributed by atoms with Gasteiger partial charge in [0.25, 0.3) is 0 Å². The van der Waals surface area contributed by atoms with Crippen molar-refractivity contribution in [3.63, 3.8) is 0 Å². The molecule has 45 heavy (non-hydrogen) atoms. The molecule has 0 heterocycles. The van der Waals surface area contributed by atoms with Gasteiger partial charge in [-0.1, -0.05) is 0 Å². The first-order valence-corrected chi connectivity index (χ1v) is 19.8. The number of rotatable bonds is 4. The summed E-state index contributed by atoms with van der Waals surface area (Å²) >= 11 is -2.67. The second-order valence-electron chi connectivity index (χ2n) is 14.7. The third-order valence-electron chi connectivity index (χ3n) is 9.70. The first-order valence-electron chi connectivity index (χ1n) is 15.9. The Morgan fingerprint density at radius 2 is 1.11 bits per heavy atom. The van der Waals surface area contributed by atoms with Crippen molar-refractivity contribution in [2.45, 2.75) is 76.8 Å². The van der Waals surface area contributed by atoms with E-state index >= 15 is 0 Å². The molecule has 0 saturated carbocycles. The van der Waals surface area contributed by atoms with E-state index < -0.39 is 21.3 Å². The fourth-order valence-corrected chi connectivity index (χ4v) is 16.7. The van der Waals surface area contributed by atoms with Crippen LogP contribution in [0.4, 0.5) is 0 Å². The Labute approximate surface area is 292 Å². The van der Waals surface area contributed by atoms with Gasteiger partial charge in [0.1, 0.15) is 0 Å². The summed E-state index contributed by atoms with van der Waals surface area (Å²) in [4.78, 5) is 0. The fraction of sp³-hybridized carbons (Fsp3) is 0.310. The fourth-order valence-electron chi connectivity index (χ4n) is 7.25. The van der Waals surface area contributed by atoms with Gasteiger partial charge >= 0.3 is 269 Å². The van der Waals surface area contributed by atoms with Crippen LogP contribution in [-0.2, 0) is 32.1 Å². The van der Waals surface area contributed by atoms with Crippen molar-refractivity contribution < 1.29 is 46.1 Å². The van der Waals surface area contributed by atoms with E-state index in [0.717, 1.165) is 0 Å².